The van der Waals surface area contributed by atoms with Gasteiger partial charge >= 0.3 is 5.69 Å². The van der Waals surface area contributed by atoms with Crippen LogP contribution < -0.4 is 5.69 Å². The highest BCUT2D eigenvalue weighted by Gasteiger charge is 2.19. The summed E-state index contributed by atoms with van der Waals surface area (Å²) in [5.41, 5.74) is 4.53. The molecule has 0 aliphatic carbocycles. The second-order valence-electron chi connectivity index (χ2n) is 4.74. The van der Waals surface area contributed by atoms with Crippen molar-refractivity contribution in [1.82, 2.24) is 9.55 Å². The smallest absolute Gasteiger partial charge is 0.349 e. The molecule has 0 saturated carbocycles. The van der Waals surface area contributed by atoms with Gasteiger partial charge in [0.15, 0.2) is 0 Å². The molecule has 4 nitrogen and oxygen atoms in total. The lowest BCUT2D eigenvalue weighted by Gasteiger charge is -2.22. The molecule has 1 N–H and O–H groups in total. The van der Waals surface area contributed by atoms with Crippen LogP contribution in [-0.2, 0) is 19.6 Å². The van der Waals surface area contributed by atoms with Gasteiger partial charge in [0.05, 0.1) is 12.3 Å². The molecule has 1 aromatic carbocycles. The number of aliphatic hydroxyl groups is 1. The zero-order valence-corrected chi connectivity index (χ0v) is 11.2. The Morgan fingerprint density at radius 1 is 1.42 bits per heavy atom. The van der Waals surface area contributed by atoms with Crippen molar-refractivity contribution < 1.29 is 5.11 Å². The maximum absolute atomic E-state index is 11.8. The van der Waals surface area contributed by atoms with Crippen molar-refractivity contribution in [3.05, 3.63) is 50.5 Å². The Hall–Kier alpha value is -1.65. The highest BCUT2D eigenvalue weighted by Crippen LogP contribution is 2.31. The number of aliphatic hydroxyl groups excluding tert-OH is 1. The van der Waals surface area contributed by atoms with Crippen LogP contribution in [0.1, 0.15) is 16.7 Å². The van der Waals surface area contributed by atoms with Gasteiger partial charge in [-0.3, -0.25) is 4.57 Å². The van der Waals surface area contributed by atoms with Crippen LogP contribution in [0.5, 0.6) is 0 Å². The largest absolute Gasteiger partial charge is 0.392 e. The van der Waals surface area contributed by atoms with Crippen LogP contribution >= 0.6 is 11.6 Å². The van der Waals surface area contributed by atoms with E-state index in [-0.39, 0.29) is 17.4 Å². The lowest BCUT2D eigenvalue weighted by atomic mass is 9.93. The molecule has 1 aliphatic rings. The first-order valence-electron chi connectivity index (χ1n) is 6.11. The number of aromatic nitrogens is 2. The number of halogens is 1. The number of rotatable bonds is 1. The Bertz CT molecular complexity index is 722. The van der Waals surface area contributed by atoms with Gasteiger partial charge in [0.2, 0.25) is 0 Å². The molecule has 0 fully saturated rings. The summed E-state index contributed by atoms with van der Waals surface area (Å²) in [7, 11) is 0. The van der Waals surface area contributed by atoms with E-state index in [0.717, 1.165) is 28.8 Å². The van der Waals surface area contributed by atoms with Gasteiger partial charge in [0.1, 0.15) is 5.15 Å². The molecule has 0 saturated heterocycles. The quantitative estimate of drug-likeness (QED) is 0.810. The fourth-order valence-electron chi connectivity index (χ4n) is 2.58. The molecule has 1 aromatic heterocycles. The van der Waals surface area contributed by atoms with Crippen LogP contribution in [0.2, 0.25) is 5.15 Å². The molecule has 0 bridgehead atoms. The highest BCUT2D eigenvalue weighted by atomic mass is 35.5. The number of fused-ring (bicyclic) bond motifs is 3. The normalized spacial score (nSPS) is 13.0. The third-order valence-corrected chi connectivity index (χ3v) is 3.79. The van der Waals surface area contributed by atoms with Gasteiger partial charge in [0.25, 0.3) is 0 Å². The van der Waals surface area contributed by atoms with Crippen molar-refractivity contribution in [2.24, 2.45) is 0 Å². The fourth-order valence-corrected chi connectivity index (χ4v) is 2.75. The number of hydrogen-bond donors (Lipinski definition) is 1. The first-order valence-corrected chi connectivity index (χ1v) is 6.49. The molecule has 2 aromatic rings. The van der Waals surface area contributed by atoms with E-state index in [1.165, 1.54) is 5.56 Å². The van der Waals surface area contributed by atoms with E-state index in [1.807, 2.05) is 13.0 Å². The molecule has 0 spiro atoms. The van der Waals surface area contributed by atoms with Crippen molar-refractivity contribution in [1.29, 1.82) is 0 Å². The minimum Gasteiger partial charge on any atom is -0.392 e. The van der Waals surface area contributed by atoms with E-state index in [9.17, 15) is 9.90 Å². The van der Waals surface area contributed by atoms with Crippen LogP contribution in [0.4, 0.5) is 0 Å². The average molecular weight is 277 g/mol. The minimum absolute atomic E-state index is 0.0117. The lowest BCUT2D eigenvalue weighted by Crippen LogP contribution is -2.28. The number of benzene rings is 1. The maximum atomic E-state index is 11.8. The third kappa shape index (κ3) is 1.97. The van der Waals surface area contributed by atoms with Gasteiger partial charge in [0, 0.05) is 18.2 Å². The molecular formula is C14H13ClN2O2. The van der Waals surface area contributed by atoms with Gasteiger partial charge in [-0.25, -0.2) is 4.79 Å². The minimum atomic E-state index is -0.320. The standard InChI is InChI=1S/C14H13ClN2O2/c1-8-4-9-2-3-17-12(6-13(15)16-14(17)19)11(9)5-10(8)7-18/h4-6,18H,2-3,7H2,1H3. The van der Waals surface area contributed by atoms with E-state index in [0.29, 0.717) is 6.54 Å². The molecule has 0 amide bonds. The average Bonchev–Trinajstić information content (AvgIpc) is 2.37. The molecule has 2 heterocycles. The van der Waals surface area contributed by atoms with Crippen LogP contribution in [0.25, 0.3) is 11.3 Å². The van der Waals surface area contributed by atoms with Crippen LogP contribution in [-0.4, -0.2) is 14.7 Å². The predicted molar refractivity (Wildman–Crippen MR) is 73.3 cm³/mol. The zero-order valence-electron chi connectivity index (χ0n) is 10.5. The maximum Gasteiger partial charge on any atom is 0.349 e. The number of hydrogen-bond acceptors (Lipinski definition) is 3. The summed E-state index contributed by atoms with van der Waals surface area (Å²) in [5.74, 6) is 0. The van der Waals surface area contributed by atoms with Crippen molar-refractivity contribution in [3.63, 3.8) is 0 Å². The van der Waals surface area contributed by atoms with Crippen molar-refractivity contribution in [2.45, 2.75) is 26.5 Å². The monoisotopic (exact) mass is 276 g/mol. The van der Waals surface area contributed by atoms with E-state index in [4.69, 9.17) is 11.6 Å². The molecule has 19 heavy (non-hydrogen) atoms. The molecule has 3 rings (SSSR count). The molecule has 98 valence electrons. The van der Waals surface area contributed by atoms with Crippen LogP contribution in [0.3, 0.4) is 0 Å². The Morgan fingerprint density at radius 2 is 2.21 bits per heavy atom. The Morgan fingerprint density at radius 3 is 2.95 bits per heavy atom. The summed E-state index contributed by atoms with van der Waals surface area (Å²) in [6.45, 7) is 2.58. The first-order chi connectivity index (χ1) is 9.10. The van der Waals surface area contributed by atoms with Gasteiger partial charge < -0.3 is 5.11 Å². The molecular weight excluding hydrogens is 264 g/mol. The summed E-state index contributed by atoms with van der Waals surface area (Å²) in [4.78, 5) is 15.6. The Kier molecular flexibility index (Phi) is 2.92. The highest BCUT2D eigenvalue weighted by molar-refractivity contribution is 6.29. The summed E-state index contributed by atoms with van der Waals surface area (Å²) in [5, 5.41) is 9.57. The summed E-state index contributed by atoms with van der Waals surface area (Å²) in [6, 6.07) is 5.71. The van der Waals surface area contributed by atoms with E-state index < -0.39 is 0 Å². The molecule has 0 radical (unpaired) electrons. The molecule has 5 heteroatoms. The lowest BCUT2D eigenvalue weighted by molar-refractivity contribution is 0.281. The van der Waals surface area contributed by atoms with E-state index >= 15 is 0 Å². The first kappa shape index (κ1) is 12.4. The van der Waals surface area contributed by atoms with E-state index in [1.54, 1.807) is 10.6 Å². The van der Waals surface area contributed by atoms with Crippen molar-refractivity contribution in [3.8, 4) is 11.3 Å². The summed E-state index contributed by atoms with van der Waals surface area (Å²) < 4.78 is 1.63. The topological polar surface area (TPSA) is 55.1 Å². The van der Waals surface area contributed by atoms with Crippen molar-refractivity contribution in [2.75, 3.05) is 0 Å². The SMILES string of the molecule is Cc1cc2c(cc1CO)-c1cc(Cl)nc(=O)n1CC2. The van der Waals surface area contributed by atoms with E-state index in [2.05, 4.69) is 11.1 Å². The summed E-state index contributed by atoms with van der Waals surface area (Å²) in [6.07, 6.45) is 0.790. The molecule has 0 atom stereocenters. The number of nitrogens with zero attached hydrogens (tertiary/aromatic N) is 2. The third-order valence-electron chi connectivity index (χ3n) is 3.59. The Balaban J connectivity index is 2.31. The second-order valence-corrected chi connectivity index (χ2v) is 5.13. The van der Waals surface area contributed by atoms with Crippen LogP contribution in [0.15, 0.2) is 23.0 Å². The van der Waals surface area contributed by atoms with Crippen LogP contribution in [0, 0.1) is 6.92 Å². The van der Waals surface area contributed by atoms with Crippen molar-refractivity contribution >= 4 is 11.6 Å². The van der Waals surface area contributed by atoms with Gasteiger partial charge in [-0.2, -0.15) is 4.98 Å². The predicted octanol–water partition coefficient (Wildman–Crippen LogP) is 1.92. The molecule has 0 unspecified atom stereocenters. The Labute approximate surface area is 115 Å². The van der Waals surface area contributed by atoms with Gasteiger partial charge in [-0.1, -0.05) is 17.7 Å². The molecule has 1 aliphatic heterocycles. The summed E-state index contributed by atoms with van der Waals surface area (Å²) >= 11 is 5.88. The van der Waals surface area contributed by atoms with Gasteiger partial charge in [-0.15, -0.1) is 0 Å². The number of aryl methyl sites for hydroxylation is 2. The second kappa shape index (κ2) is 4.47. The fraction of sp³-hybridized carbons (Fsp3) is 0.286. The van der Waals surface area contributed by atoms with Gasteiger partial charge in [-0.05, 0) is 36.1 Å². The zero-order chi connectivity index (χ0) is 13.6.